The monoisotopic (exact) mass is 424 g/mol. The molecular formula is C23H32N6O2. The second-order valence-electron chi connectivity index (χ2n) is 9.10. The number of carbonyl (C=O) groups excluding carboxylic acids is 1. The molecule has 2 fully saturated rings. The van der Waals surface area contributed by atoms with Gasteiger partial charge in [-0.25, -0.2) is 9.97 Å². The van der Waals surface area contributed by atoms with Crippen molar-refractivity contribution < 1.29 is 4.79 Å². The zero-order chi connectivity index (χ0) is 22.0. The predicted octanol–water partition coefficient (Wildman–Crippen LogP) is 2.53. The number of amides is 1. The molecule has 0 bridgehead atoms. The van der Waals surface area contributed by atoms with Crippen LogP contribution in [0.3, 0.4) is 0 Å². The van der Waals surface area contributed by atoms with Gasteiger partial charge in [-0.1, -0.05) is 31.7 Å². The number of pyridine rings is 1. The predicted molar refractivity (Wildman–Crippen MR) is 121 cm³/mol. The molecular weight excluding hydrogens is 392 g/mol. The summed E-state index contributed by atoms with van der Waals surface area (Å²) >= 11 is 0. The van der Waals surface area contributed by atoms with Gasteiger partial charge < -0.3 is 16.4 Å². The van der Waals surface area contributed by atoms with Gasteiger partial charge in [0.15, 0.2) is 5.82 Å². The number of hydrogen-bond acceptors (Lipinski definition) is 6. The SMILES string of the molecule is Cc1nc(N)ccc1CNC(=O)Cn1c(C)cnc(NC(CC2CC2)CC2CC2)c1=O. The molecule has 0 radical (unpaired) electrons. The van der Waals surface area contributed by atoms with Crippen molar-refractivity contribution in [3.8, 4) is 0 Å². The fourth-order valence-electron chi connectivity index (χ4n) is 3.98. The van der Waals surface area contributed by atoms with Crippen molar-refractivity contribution in [1.29, 1.82) is 0 Å². The van der Waals surface area contributed by atoms with E-state index in [1.165, 1.54) is 30.3 Å². The second-order valence-corrected chi connectivity index (χ2v) is 9.10. The molecule has 8 heteroatoms. The average Bonchev–Trinajstić information content (AvgIpc) is 3.64. The lowest BCUT2D eigenvalue weighted by molar-refractivity contribution is -0.121. The number of rotatable bonds is 10. The summed E-state index contributed by atoms with van der Waals surface area (Å²) in [5.41, 5.74) is 7.78. The Morgan fingerprint density at radius 2 is 1.87 bits per heavy atom. The molecule has 0 saturated heterocycles. The summed E-state index contributed by atoms with van der Waals surface area (Å²) in [6, 6.07) is 3.85. The van der Waals surface area contributed by atoms with Crippen LogP contribution in [0.5, 0.6) is 0 Å². The Kier molecular flexibility index (Phi) is 6.25. The molecule has 4 rings (SSSR count). The maximum absolute atomic E-state index is 13.1. The Bertz CT molecular complexity index is 996. The van der Waals surface area contributed by atoms with Crippen LogP contribution in [0.1, 0.15) is 55.5 Å². The Labute approximate surface area is 182 Å². The highest BCUT2D eigenvalue weighted by Crippen LogP contribution is 2.39. The third-order valence-electron chi connectivity index (χ3n) is 6.22. The van der Waals surface area contributed by atoms with E-state index in [-0.39, 0.29) is 24.1 Å². The fourth-order valence-corrected chi connectivity index (χ4v) is 3.98. The van der Waals surface area contributed by atoms with Crippen molar-refractivity contribution in [3.63, 3.8) is 0 Å². The van der Waals surface area contributed by atoms with Crippen LogP contribution in [0.2, 0.25) is 0 Å². The highest BCUT2D eigenvalue weighted by molar-refractivity contribution is 5.75. The molecule has 2 heterocycles. The third-order valence-corrected chi connectivity index (χ3v) is 6.22. The van der Waals surface area contributed by atoms with Crippen molar-refractivity contribution in [2.24, 2.45) is 11.8 Å². The molecule has 2 aromatic rings. The van der Waals surface area contributed by atoms with Gasteiger partial charge in [0.25, 0.3) is 5.56 Å². The summed E-state index contributed by atoms with van der Waals surface area (Å²) < 4.78 is 1.49. The highest BCUT2D eigenvalue weighted by Gasteiger charge is 2.31. The van der Waals surface area contributed by atoms with Crippen LogP contribution in [0.15, 0.2) is 23.1 Å². The van der Waals surface area contributed by atoms with Crippen LogP contribution in [0, 0.1) is 25.7 Å². The van der Waals surface area contributed by atoms with Crippen LogP contribution >= 0.6 is 0 Å². The highest BCUT2D eigenvalue weighted by atomic mass is 16.2. The van der Waals surface area contributed by atoms with Crippen molar-refractivity contribution in [2.75, 3.05) is 11.1 Å². The van der Waals surface area contributed by atoms with Gasteiger partial charge in [-0.2, -0.15) is 0 Å². The van der Waals surface area contributed by atoms with Gasteiger partial charge in [0, 0.05) is 30.2 Å². The minimum Gasteiger partial charge on any atom is -0.384 e. The Morgan fingerprint density at radius 1 is 1.19 bits per heavy atom. The average molecular weight is 425 g/mol. The normalized spacial score (nSPS) is 15.8. The summed E-state index contributed by atoms with van der Waals surface area (Å²) in [6.45, 7) is 3.95. The number of anilines is 2. The Balaban J connectivity index is 1.41. The van der Waals surface area contributed by atoms with Crippen LogP contribution in [-0.2, 0) is 17.9 Å². The van der Waals surface area contributed by atoms with Gasteiger partial charge in [-0.15, -0.1) is 0 Å². The third kappa shape index (κ3) is 5.83. The smallest absolute Gasteiger partial charge is 0.293 e. The molecule has 2 aromatic heterocycles. The van der Waals surface area contributed by atoms with Crippen molar-refractivity contribution in [1.82, 2.24) is 19.9 Å². The van der Waals surface area contributed by atoms with Crippen molar-refractivity contribution >= 4 is 17.5 Å². The van der Waals surface area contributed by atoms with Crippen LogP contribution in [-0.4, -0.2) is 26.5 Å². The molecule has 166 valence electrons. The van der Waals surface area contributed by atoms with E-state index in [0.29, 0.717) is 23.9 Å². The molecule has 0 unspecified atom stereocenters. The molecule has 2 aliphatic rings. The zero-order valence-corrected chi connectivity index (χ0v) is 18.4. The quantitative estimate of drug-likeness (QED) is 0.540. The van der Waals surface area contributed by atoms with E-state index in [2.05, 4.69) is 20.6 Å². The Morgan fingerprint density at radius 3 is 2.48 bits per heavy atom. The topological polar surface area (TPSA) is 115 Å². The van der Waals surface area contributed by atoms with Crippen molar-refractivity contribution in [2.45, 2.75) is 71.5 Å². The number of aryl methyl sites for hydroxylation is 2. The number of nitrogens with two attached hydrogens (primary N) is 1. The molecule has 31 heavy (non-hydrogen) atoms. The molecule has 2 saturated carbocycles. The molecule has 8 nitrogen and oxygen atoms in total. The number of aromatic nitrogens is 3. The van der Waals surface area contributed by atoms with E-state index < -0.39 is 0 Å². The van der Waals surface area contributed by atoms with Gasteiger partial charge in [0.05, 0.1) is 0 Å². The molecule has 0 aromatic carbocycles. The summed E-state index contributed by atoms with van der Waals surface area (Å²) in [5.74, 6) is 2.13. The van der Waals surface area contributed by atoms with E-state index in [1.54, 1.807) is 19.2 Å². The number of carbonyl (C=O) groups is 1. The standard InChI is InChI=1S/C23H32N6O2/c1-14-11-26-22(28-19(9-16-3-4-16)10-17-5-6-17)23(31)29(14)13-21(30)25-12-18-7-8-20(24)27-15(18)2/h7-8,11,16-17,19H,3-6,9-10,12-13H2,1-2H3,(H2,24,27)(H,25,30)(H,26,28). The first-order chi connectivity index (χ1) is 14.9. The van der Waals surface area contributed by atoms with E-state index in [9.17, 15) is 9.59 Å². The summed E-state index contributed by atoms with van der Waals surface area (Å²) in [5, 5.41) is 6.28. The minimum atomic E-state index is -0.239. The first kappa shape index (κ1) is 21.3. The molecule has 0 atom stereocenters. The Hall–Kier alpha value is -2.90. The summed E-state index contributed by atoms with van der Waals surface area (Å²) in [7, 11) is 0. The van der Waals surface area contributed by atoms with Crippen LogP contribution in [0.25, 0.3) is 0 Å². The van der Waals surface area contributed by atoms with E-state index in [1.807, 2.05) is 13.0 Å². The van der Waals surface area contributed by atoms with Crippen LogP contribution in [0.4, 0.5) is 11.6 Å². The van der Waals surface area contributed by atoms with Gasteiger partial charge in [0.2, 0.25) is 5.91 Å². The maximum atomic E-state index is 13.1. The lowest BCUT2D eigenvalue weighted by Crippen LogP contribution is -2.36. The molecule has 4 N–H and O–H groups in total. The molecule has 2 aliphatic carbocycles. The minimum absolute atomic E-state index is 0.0424. The summed E-state index contributed by atoms with van der Waals surface area (Å²) in [4.78, 5) is 34.2. The van der Waals surface area contributed by atoms with Gasteiger partial charge in [-0.3, -0.25) is 14.2 Å². The largest absolute Gasteiger partial charge is 0.384 e. The van der Waals surface area contributed by atoms with Crippen molar-refractivity contribution in [3.05, 3.63) is 45.6 Å². The first-order valence-electron chi connectivity index (χ1n) is 11.2. The first-order valence-corrected chi connectivity index (χ1v) is 11.2. The lowest BCUT2D eigenvalue weighted by atomic mass is 10.0. The summed E-state index contributed by atoms with van der Waals surface area (Å²) in [6.07, 6.45) is 9.02. The van der Waals surface area contributed by atoms with E-state index in [0.717, 1.165) is 35.9 Å². The maximum Gasteiger partial charge on any atom is 0.293 e. The van der Waals surface area contributed by atoms with Gasteiger partial charge >= 0.3 is 0 Å². The van der Waals surface area contributed by atoms with Gasteiger partial charge in [0.1, 0.15) is 12.4 Å². The molecule has 1 amide bonds. The number of nitrogens with one attached hydrogen (secondary N) is 2. The van der Waals surface area contributed by atoms with Gasteiger partial charge in [-0.05, 0) is 50.2 Å². The van der Waals surface area contributed by atoms with E-state index in [4.69, 9.17) is 5.73 Å². The number of hydrogen-bond donors (Lipinski definition) is 3. The molecule has 0 spiro atoms. The lowest BCUT2D eigenvalue weighted by Gasteiger charge is -2.20. The zero-order valence-electron chi connectivity index (χ0n) is 18.4. The second kappa shape index (κ2) is 9.08. The molecule has 0 aliphatic heterocycles. The fraction of sp³-hybridized carbons (Fsp3) is 0.565. The van der Waals surface area contributed by atoms with Crippen LogP contribution < -0.4 is 21.9 Å². The number of nitrogens with zero attached hydrogens (tertiary/aromatic N) is 3. The number of nitrogen functional groups attached to an aromatic ring is 1. The van der Waals surface area contributed by atoms with E-state index >= 15 is 0 Å².